The van der Waals surface area contributed by atoms with Gasteiger partial charge >= 0.3 is 0 Å². The molecular weight excluding hydrogens is 675 g/mol. The SMILES string of the molecule is c1cccc(N(c2ccc(-c3ccc(CC(Cc4ccccc4)c4cc5ccccc5c5ccccc45)cc3)cc2)c2cc3ccccc3c3ccccc23)c#1. The van der Waals surface area contributed by atoms with E-state index >= 15 is 0 Å². The molecule has 0 bridgehead atoms. The second kappa shape index (κ2) is 14.6. The van der Waals surface area contributed by atoms with E-state index in [2.05, 4.69) is 211 Å². The van der Waals surface area contributed by atoms with Crippen LogP contribution in [0.2, 0.25) is 0 Å². The third-order valence-electron chi connectivity index (χ3n) is 11.3. The molecule has 1 atom stereocenters. The first kappa shape index (κ1) is 33.4. The fourth-order valence-corrected chi connectivity index (χ4v) is 8.63. The van der Waals surface area contributed by atoms with Crippen molar-refractivity contribution >= 4 is 60.2 Å². The van der Waals surface area contributed by atoms with Crippen molar-refractivity contribution in [2.45, 2.75) is 18.8 Å². The van der Waals surface area contributed by atoms with E-state index in [4.69, 9.17) is 0 Å². The van der Waals surface area contributed by atoms with Gasteiger partial charge in [-0.1, -0.05) is 182 Å². The maximum Gasteiger partial charge on any atom is 0.0973 e. The van der Waals surface area contributed by atoms with Crippen LogP contribution in [0.4, 0.5) is 17.1 Å². The molecule has 0 radical (unpaired) electrons. The molecule has 0 saturated heterocycles. The van der Waals surface area contributed by atoms with Gasteiger partial charge in [0.25, 0.3) is 0 Å². The lowest BCUT2D eigenvalue weighted by atomic mass is 9.82. The number of fused-ring (bicyclic) bond motifs is 6. The van der Waals surface area contributed by atoms with Gasteiger partial charge in [-0.2, -0.15) is 0 Å². The molecule has 10 rings (SSSR count). The number of nitrogens with zero attached hydrogens (tertiary/aromatic N) is 1. The van der Waals surface area contributed by atoms with Gasteiger partial charge in [-0.15, -0.1) is 0 Å². The maximum atomic E-state index is 3.39. The molecule has 0 aliphatic heterocycles. The molecular formula is C55H39N. The van der Waals surface area contributed by atoms with Crippen molar-refractivity contribution in [1.82, 2.24) is 0 Å². The highest BCUT2D eigenvalue weighted by atomic mass is 15.1. The second-order valence-corrected chi connectivity index (χ2v) is 14.7. The largest absolute Gasteiger partial charge is 0.303 e. The first-order valence-electron chi connectivity index (χ1n) is 19.5. The van der Waals surface area contributed by atoms with E-state index < -0.39 is 0 Å². The van der Waals surface area contributed by atoms with Gasteiger partial charge in [0.1, 0.15) is 0 Å². The number of anilines is 3. The smallest absolute Gasteiger partial charge is 0.0973 e. The molecule has 0 N–H and O–H groups in total. The van der Waals surface area contributed by atoms with E-state index in [1.165, 1.54) is 70.9 Å². The summed E-state index contributed by atoms with van der Waals surface area (Å²) in [7, 11) is 0. The Hall–Kier alpha value is -7.14. The standard InChI is InChI=1S/C55H39N/c1-3-15-39(16-4-1)35-45(54-37-43-17-7-9-21-48(43)50-23-11-12-25-52(50)54)36-40-27-29-41(30-28-40)42-31-33-47(34-32-42)56(46-19-5-2-6-20-46)55-38-44-18-8-10-22-49(44)51-24-13-14-26-53(51)55/h1-5,7-19,21-34,37-38,45H,35-36H2. The van der Waals surface area contributed by atoms with Gasteiger partial charge in [0, 0.05) is 11.1 Å². The first-order chi connectivity index (χ1) is 27.8. The van der Waals surface area contributed by atoms with Crippen LogP contribution in [0.25, 0.3) is 54.2 Å². The molecule has 1 heteroatoms. The van der Waals surface area contributed by atoms with Gasteiger partial charge in [0.05, 0.1) is 11.4 Å². The third kappa shape index (κ3) is 6.32. The van der Waals surface area contributed by atoms with Crippen molar-refractivity contribution in [2.75, 3.05) is 4.90 Å². The molecule has 0 spiro atoms. The van der Waals surface area contributed by atoms with Gasteiger partial charge in [0.2, 0.25) is 0 Å². The molecule has 264 valence electrons. The van der Waals surface area contributed by atoms with Crippen LogP contribution in [-0.4, -0.2) is 0 Å². The Morgan fingerprint density at radius 1 is 0.411 bits per heavy atom. The van der Waals surface area contributed by atoms with E-state index in [1.807, 2.05) is 12.1 Å². The van der Waals surface area contributed by atoms with Crippen LogP contribution in [0.1, 0.15) is 22.6 Å². The summed E-state index contributed by atoms with van der Waals surface area (Å²) in [6.45, 7) is 0. The van der Waals surface area contributed by atoms with Crippen LogP contribution in [0.15, 0.2) is 206 Å². The normalized spacial score (nSPS) is 11.9. The summed E-state index contributed by atoms with van der Waals surface area (Å²) < 4.78 is 0. The van der Waals surface area contributed by atoms with Crippen LogP contribution >= 0.6 is 0 Å². The van der Waals surface area contributed by atoms with Gasteiger partial charge < -0.3 is 4.90 Å². The van der Waals surface area contributed by atoms with E-state index in [1.54, 1.807) is 0 Å². The van der Waals surface area contributed by atoms with Crippen molar-refractivity contribution in [3.8, 4) is 11.1 Å². The fourth-order valence-electron chi connectivity index (χ4n) is 8.63. The number of benzene rings is 9. The van der Waals surface area contributed by atoms with Crippen LogP contribution in [0, 0.1) is 12.1 Å². The highest BCUT2D eigenvalue weighted by Gasteiger charge is 2.20. The summed E-state index contributed by atoms with van der Waals surface area (Å²) >= 11 is 0. The van der Waals surface area contributed by atoms with Crippen LogP contribution < -0.4 is 4.90 Å². The molecule has 0 amide bonds. The first-order valence-corrected chi connectivity index (χ1v) is 19.5. The summed E-state index contributed by atoms with van der Waals surface area (Å²) in [6.07, 6.45) is 1.93. The molecule has 10 aromatic rings. The van der Waals surface area contributed by atoms with Gasteiger partial charge in [-0.3, -0.25) is 0 Å². The lowest BCUT2D eigenvalue weighted by molar-refractivity contribution is 0.686. The van der Waals surface area contributed by atoms with Gasteiger partial charge in [-0.05, 0) is 121 Å². The zero-order valence-corrected chi connectivity index (χ0v) is 31.1. The summed E-state index contributed by atoms with van der Waals surface area (Å²) in [6, 6.07) is 81.6. The minimum absolute atomic E-state index is 0.321. The highest BCUT2D eigenvalue weighted by Crippen LogP contribution is 2.42. The van der Waals surface area contributed by atoms with Gasteiger partial charge in [-0.25, -0.2) is 0 Å². The van der Waals surface area contributed by atoms with Crippen molar-refractivity contribution in [2.24, 2.45) is 0 Å². The summed E-state index contributed by atoms with van der Waals surface area (Å²) in [5.74, 6) is 0.321. The third-order valence-corrected chi connectivity index (χ3v) is 11.3. The summed E-state index contributed by atoms with van der Waals surface area (Å²) in [4.78, 5) is 2.31. The Morgan fingerprint density at radius 3 is 1.57 bits per heavy atom. The molecule has 0 aromatic heterocycles. The quantitative estimate of drug-likeness (QED) is 0.135. The zero-order chi connectivity index (χ0) is 37.3. The molecule has 1 nitrogen and oxygen atoms in total. The lowest BCUT2D eigenvalue weighted by Crippen LogP contribution is -2.10. The van der Waals surface area contributed by atoms with E-state index in [-0.39, 0.29) is 0 Å². The van der Waals surface area contributed by atoms with Crippen LogP contribution in [0.3, 0.4) is 0 Å². The monoisotopic (exact) mass is 713 g/mol. The van der Waals surface area contributed by atoms with Crippen LogP contribution in [-0.2, 0) is 12.8 Å². The average Bonchev–Trinajstić information content (AvgIpc) is 3.27. The van der Waals surface area contributed by atoms with E-state index in [9.17, 15) is 0 Å². The molecule has 0 fully saturated rings. The number of hydrogen-bond acceptors (Lipinski definition) is 1. The maximum absolute atomic E-state index is 3.39. The minimum atomic E-state index is 0.321. The fraction of sp³-hybridized carbons (Fsp3) is 0.0545. The molecule has 56 heavy (non-hydrogen) atoms. The minimum Gasteiger partial charge on any atom is -0.303 e. The lowest BCUT2D eigenvalue weighted by Gasteiger charge is -2.26. The topological polar surface area (TPSA) is 3.24 Å². The van der Waals surface area contributed by atoms with Crippen molar-refractivity contribution in [1.29, 1.82) is 0 Å². The van der Waals surface area contributed by atoms with E-state index in [0.29, 0.717) is 5.92 Å². The molecule has 0 heterocycles. The second-order valence-electron chi connectivity index (χ2n) is 14.7. The van der Waals surface area contributed by atoms with Crippen molar-refractivity contribution in [3.05, 3.63) is 235 Å². The van der Waals surface area contributed by atoms with Crippen molar-refractivity contribution < 1.29 is 0 Å². The van der Waals surface area contributed by atoms with Crippen molar-refractivity contribution in [3.63, 3.8) is 0 Å². The predicted octanol–water partition coefficient (Wildman–Crippen LogP) is 14.6. The zero-order valence-electron chi connectivity index (χ0n) is 31.1. The molecule has 0 aliphatic rings. The molecule has 0 saturated carbocycles. The molecule has 1 unspecified atom stereocenters. The highest BCUT2D eigenvalue weighted by molar-refractivity contribution is 6.14. The predicted molar refractivity (Wildman–Crippen MR) is 237 cm³/mol. The summed E-state index contributed by atoms with van der Waals surface area (Å²) in [5, 5.41) is 10.2. The summed E-state index contributed by atoms with van der Waals surface area (Å²) in [5.41, 5.74) is 9.67. The number of rotatable bonds is 9. The Bertz CT molecular complexity index is 2950. The van der Waals surface area contributed by atoms with Crippen LogP contribution in [0.5, 0.6) is 0 Å². The Morgan fingerprint density at radius 2 is 0.929 bits per heavy atom. The Kier molecular flexibility index (Phi) is 8.71. The molecule has 10 aromatic carbocycles. The molecule has 0 aliphatic carbocycles. The Balaban J connectivity index is 0.987. The average molecular weight is 714 g/mol. The Labute approximate surface area is 328 Å². The number of hydrogen-bond donors (Lipinski definition) is 0. The van der Waals surface area contributed by atoms with Gasteiger partial charge in [0.15, 0.2) is 0 Å². The van der Waals surface area contributed by atoms with E-state index in [0.717, 1.165) is 29.9 Å².